The molecule has 1 N–H and O–H groups in total. The number of rotatable bonds is 2. The van der Waals surface area contributed by atoms with Crippen LogP contribution in [0.2, 0.25) is 0 Å². The Hall–Kier alpha value is -1.11. The fraction of sp³-hybridized carbons (Fsp3) is 0.857. The maximum atomic E-state index is 9.38. The molecule has 2 rings (SSSR count). The van der Waals surface area contributed by atoms with Gasteiger partial charge in [-0.2, -0.15) is 0 Å². The molecule has 1 aliphatic carbocycles. The lowest BCUT2D eigenvalue weighted by Gasteiger charge is -2.17. The van der Waals surface area contributed by atoms with E-state index in [0.717, 1.165) is 30.1 Å². The Morgan fingerprint density at radius 3 is 2.38 bits per heavy atom. The summed E-state index contributed by atoms with van der Waals surface area (Å²) in [4.78, 5) is 0. The van der Waals surface area contributed by atoms with E-state index < -0.39 is 0 Å². The smallest absolute Gasteiger partial charge is 0.209 e. The van der Waals surface area contributed by atoms with Gasteiger partial charge in [0.1, 0.15) is 0 Å². The Bertz CT molecular complexity index is 448. The zero-order chi connectivity index (χ0) is 14.9. The van der Waals surface area contributed by atoms with Gasteiger partial charge in [-0.3, -0.25) is 0 Å². The molecule has 118 valence electrons. The van der Waals surface area contributed by atoms with Crippen LogP contribution in [0, 0.1) is 0 Å². The third kappa shape index (κ3) is 5.30. The predicted molar refractivity (Wildman–Crippen MR) is 83.8 cm³/mol. The van der Waals surface area contributed by atoms with Crippen LogP contribution in [0.1, 0.15) is 64.2 Å². The van der Waals surface area contributed by atoms with Crippen molar-refractivity contribution >= 4 is 17.5 Å². The summed E-state index contributed by atoms with van der Waals surface area (Å²) in [6.45, 7) is 0. The van der Waals surface area contributed by atoms with Gasteiger partial charge in [0.25, 0.3) is 0 Å². The lowest BCUT2D eigenvalue weighted by atomic mass is 9.99. The van der Waals surface area contributed by atoms with E-state index in [1.54, 1.807) is 16.4 Å². The third-order valence-corrected chi connectivity index (χ3v) is 5.33. The van der Waals surface area contributed by atoms with Crippen LogP contribution in [-0.2, 0) is 7.05 Å². The third-order valence-electron chi connectivity index (χ3n) is 3.98. The van der Waals surface area contributed by atoms with Gasteiger partial charge in [0.2, 0.25) is 5.16 Å². The van der Waals surface area contributed by atoms with Gasteiger partial charge in [-0.15, -0.1) is 5.10 Å². The highest BCUT2D eigenvalue weighted by Gasteiger charge is 2.21. The molecule has 0 unspecified atom stereocenters. The summed E-state index contributed by atoms with van der Waals surface area (Å²) in [5.41, 5.74) is 0.892. The average Bonchev–Trinajstić information content (AvgIpc) is 2.87. The van der Waals surface area contributed by atoms with E-state index in [0.29, 0.717) is 0 Å². The van der Waals surface area contributed by atoms with Crippen molar-refractivity contribution in [1.29, 1.82) is 0 Å². The van der Waals surface area contributed by atoms with Gasteiger partial charge in [-0.25, -0.2) is 4.68 Å². The molecule has 1 saturated carbocycles. The summed E-state index contributed by atoms with van der Waals surface area (Å²) in [5, 5.41) is 25.5. The molecule has 1 aromatic rings. The topological polar surface area (TPSA) is 76.2 Å². The molecule has 1 heterocycles. The standard InChI is InChI=1S/C14H25N5OS/c1-19-14(15-17-18-19)21-13-11-9-7-5-3-2-4-6-8-10-12(13)16-20/h13,20H,2-11H2,1H3/b16-12+/t13-/m0/s1. The maximum Gasteiger partial charge on any atom is 0.209 e. The molecular formula is C14H25N5OS. The monoisotopic (exact) mass is 311 g/mol. The second-order valence-electron chi connectivity index (χ2n) is 5.65. The molecule has 21 heavy (non-hydrogen) atoms. The number of aromatic nitrogens is 4. The Balaban J connectivity index is 2.01. The molecule has 7 heteroatoms. The summed E-state index contributed by atoms with van der Waals surface area (Å²) in [6.07, 6.45) is 12.0. The van der Waals surface area contributed by atoms with Gasteiger partial charge in [0.15, 0.2) is 0 Å². The van der Waals surface area contributed by atoms with E-state index in [2.05, 4.69) is 20.7 Å². The number of nitrogens with zero attached hydrogens (tertiary/aromatic N) is 5. The minimum Gasteiger partial charge on any atom is -0.411 e. The highest BCUT2D eigenvalue weighted by molar-refractivity contribution is 8.00. The molecule has 0 spiro atoms. The Kier molecular flexibility index (Phi) is 6.99. The normalized spacial score (nSPS) is 24.4. The van der Waals surface area contributed by atoms with Gasteiger partial charge in [-0.05, 0) is 29.7 Å². The number of oxime groups is 1. The van der Waals surface area contributed by atoms with Crippen molar-refractivity contribution in [2.75, 3.05) is 0 Å². The number of hydrogen-bond acceptors (Lipinski definition) is 6. The van der Waals surface area contributed by atoms with E-state index in [4.69, 9.17) is 0 Å². The second kappa shape index (κ2) is 9.02. The summed E-state index contributed by atoms with van der Waals surface area (Å²) < 4.78 is 1.68. The molecule has 0 aliphatic heterocycles. The van der Waals surface area contributed by atoms with Crippen molar-refractivity contribution in [3.63, 3.8) is 0 Å². The van der Waals surface area contributed by atoms with Gasteiger partial charge in [0, 0.05) is 7.05 Å². The van der Waals surface area contributed by atoms with Crippen molar-refractivity contribution in [3.05, 3.63) is 0 Å². The van der Waals surface area contributed by atoms with Crippen LogP contribution in [0.3, 0.4) is 0 Å². The minimum absolute atomic E-state index is 0.180. The minimum atomic E-state index is 0.180. The summed E-state index contributed by atoms with van der Waals surface area (Å²) in [5.74, 6) is 0. The Labute approximate surface area is 130 Å². The molecule has 0 radical (unpaired) electrons. The van der Waals surface area contributed by atoms with Crippen molar-refractivity contribution in [2.24, 2.45) is 12.2 Å². The molecule has 1 aliphatic rings. The van der Waals surface area contributed by atoms with Gasteiger partial charge < -0.3 is 5.21 Å². The van der Waals surface area contributed by atoms with Crippen molar-refractivity contribution in [1.82, 2.24) is 20.2 Å². The summed E-state index contributed by atoms with van der Waals surface area (Å²) >= 11 is 1.62. The van der Waals surface area contributed by atoms with Crippen molar-refractivity contribution < 1.29 is 5.21 Å². The first-order chi connectivity index (χ1) is 10.3. The quantitative estimate of drug-likeness (QED) is 0.669. The molecule has 1 atom stereocenters. The highest BCUT2D eigenvalue weighted by Crippen LogP contribution is 2.28. The van der Waals surface area contributed by atoms with E-state index in [1.165, 1.54) is 44.9 Å². The fourth-order valence-electron chi connectivity index (χ4n) is 2.71. The zero-order valence-corrected chi connectivity index (χ0v) is 13.6. The van der Waals surface area contributed by atoms with Gasteiger partial charge >= 0.3 is 0 Å². The van der Waals surface area contributed by atoms with Crippen molar-refractivity contribution in [3.8, 4) is 0 Å². The molecule has 0 aromatic carbocycles. The first-order valence-corrected chi connectivity index (χ1v) is 8.79. The van der Waals surface area contributed by atoms with Crippen LogP contribution in [-0.4, -0.2) is 36.4 Å². The van der Waals surface area contributed by atoms with E-state index in [9.17, 15) is 5.21 Å². The van der Waals surface area contributed by atoms with E-state index in [1.807, 2.05) is 7.05 Å². The summed E-state index contributed by atoms with van der Waals surface area (Å²) in [6, 6.07) is 0. The van der Waals surface area contributed by atoms with Crippen LogP contribution in [0.5, 0.6) is 0 Å². The lowest BCUT2D eigenvalue weighted by Crippen LogP contribution is -2.19. The largest absolute Gasteiger partial charge is 0.411 e. The number of aryl methyl sites for hydroxylation is 1. The van der Waals surface area contributed by atoms with Crippen LogP contribution in [0.25, 0.3) is 0 Å². The summed E-state index contributed by atoms with van der Waals surface area (Å²) in [7, 11) is 1.84. The average molecular weight is 311 g/mol. The van der Waals surface area contributed by atoms with Crippen LogP contribution in [0.15, 0.2) is 10.3 Å². The van der Waals surface area contributed by atoms with Gasteiger partial charge in [0.05, 0.1) is 11.0 Å². The molecule has 1 aromatic heterocycles. The van der Waals surface area contributed by atoms with Crippen LogP contribution >= 0.6 is 11.8 Å². The first kappa shape index (κ1) is 16.3. The zero-order valence-electron chi connectivity index (χ0n) is 12.7. The molecule has 0 saturated heterocycles. The van der Waals surface area contributed by atoms with E-state index >= 15 is 0 Å². The molecule has 0 amide bonds. The van der Waals surface area contributed by atoms with E-state index in [-0.39, 0.29) is 5.25 Å². The number of thioether (sulfide) groups is 1. The Morgan fingerprint density at radius 1 is 1.10 bits per heavy atom. The molecule has 6 nitrogen and oxygen atoms in total. The highest BCUT2D eigenvalue weighted by atomic mass is 32.2. The van der Waals surface area contributed by atoms with Crippen LogP contribution in [0.4, 0.5) is 0 Å². The fourth-order valence-corrected chi connectivity index (χ4v) is 3.83. The van der Waals surface area contributed by atoms with Crippen molar-refractivity contribution in [2.45, 2.75) is 74.6 Å². The predicted octanol–water partition coefficient (Wildman–Crippen LogP) is 3.42. The Morgan fingerprint density at radius 2 is 1.76 bits per heavy atom. The molecule has 0 bridgehead atoms. The van der Waals surface area contributed by atoms with Crippen LogP contribution < -0.4 is 0 Å². The molecular weight excluding hydrogens is 286 g/mol. The lowest BCUT2D eigenvalue weighted by molar-refractivity contribution is 0.315. The van der Waals surface area contributed by atoms with Gasteiger partial charge in [-0.1, -0.05) is 61.9 Å². The SMILES string of the molecule is Cn1nnnc1S[C@H]1CCCCCCCCCC/C1=N\O. The number of tetrazole rings is 1. The second-order valence-corrected chi connectivity index (χ2v) is 6.82. The molecule has 1 fully saturated rings. The maximum absolute atomic E-state index is 9.38. The number of hydrogen-bond donors (Lipinski definition) is 1. The first-order valence-electron chi connectivity index (χ1n) is 7.91.